The molecule has 0 fully saturated rings. The van der Waals surface area contributed by atoms with Crippen LogP contribution in [0.4, 0.5) is 0 Å². The van der Waals surface area contributed by atoms with Gasteiger partial charge in [0.25, 0.3) is 5.91 Å². The Morgan fingerprint density at radius 1 is 1.03 bits per heavy atom. The highest BCUT2D eigenvalue weighted by Gasteiger charge is 2.26. The summed E-state index contributed by atoms with van der Waals surface area (Å²) >= 11 is 0. The number of aromatic amines is 1. The average molecular weight is 496 g/mol. The third-order valence-electron chi connectivity index (χ3n) is 6.36. The van der Waals surface area contributed by atoms with Crippen LogP contribution in [0, 0.1) is 6.92 Å². The largest absolute Gasteiger partial charge is 0.465 e. The number of fused-ring (bicyclic) bond motifs is 2. The molecule has 0 bridgehead atoms. The lowest BCUT2D eigenvalue weighted by Gasteiger charge is -2.11. The van der Waals surface area contributed by atoms with Crippen LogP contribution in [0.3, 0.4) is 0 Å². The summed E-state index contributed by atoms with van der Waals surface area (Å²) in [6, 6.07) is 14.0. The van der Waals surface area contributed by atoms with E-state index in [1.54, 1.807) is 56.8 Å². The lowest BCUT2D eigenvalue weighted by atomic mass is 9.98. The molecule has 186 valence electrons. The van der Waals surface area contributed by atoms with Gasteiger partial charge in [-0.25, -0.2) is 9.78 Å². The predicted molar refractivity (Wildman–Crippen MR) is 139 cm³/mol. The number of nitrogens with zero attached hydrogens (tertiary/aromatic N) is 4. The zero-order chi connectivity index (χ0) is 26.3. The van der Waals surface area contributed by atoms with Crippen molar-refractivity contribution in [3.8, 4) is 0 Å². The number of imidazole rings is 1. The Bertz CT molecular complexity index is 1680. The number of pyridine rings is 1. The Morgan fingerprint density at radius 2 is 1.76 bits per heavy atom. The van der Waals surface area contributed by atoms with Gasteiger partial charge in [0.2, 0.25) is 0 Å². The molecule has 37 heavy (non-hydrogen) atoms. The van der Waals surface area contributed by atoms with Gasteiger partial charge < -0.3 is 19.2 Å². The van der Waals surface area contributed by atoms with Crippen LogP contribution in [-0.2, 0) is 11.3 Å². The predicted octanol–water partition coefficient (Wildman–Crippen LogP) is 3.99. The summed E-state index contributed by atoms with van der Waals surface area (Å²) in [4.78, 5) is 52.0. The van der Waals surface area contributed by atoms with Gasteiger partial charge in [-0.2, -0.15) is 0 Å². The molecule has 0 atom stereocenters. The zero-order valence-electron chi connectivity index (χ0n) is 20.9. The maximum atomic E-state index is 13.7. The fourth-order valence-electron chi connectivity index (χ4n) is 4.45. The number of hydrogen-bond donors (Lipinski definition) is 1. The van der Waals surface area contributed by atoms with Crippen LogP contribution < -0.4 is 0 Å². The molecule has 0 saturated carbocycles. The summed E-state index contributed by atoms with van der Waals surface area (Å²) in [5, 5.41) is 0.483. The minimum absolute atomic E-state index is 0.171. The Morgan fingerprint density at radius 3 is 2.46 bits per heavy atom. The first-order chi connectivity index (χ1) is 17.8. The van der Waals surface area contributed by atoms with Crippen LogP contribution in [0.15, 0.2) is 60.9 Å². The smallest absolute Gasteiger partial charge is 0.337 e. The molecule has 0 aliphatic heterocycles. The van der Waals surface area contributed by atoms with Gasteiger partial charge >= 0.3 is 5.97 Å². The summed E-state index contributed by atoms with van der Waals surface area (Å²) in [6.45, 7) is 2.53. The van der Waals surface area contributed by atoms with E-state index in [2.05, 4.69) is 19.5 Å². The first-order valence-corrected chi connectivity index (χ1v) is 11.6. The van der Waals surface area contributed by atoms with Crippen LogP contribution >= 0.6 is 0 Å². The molecule has 9 heteroatoms. The van der Waals surface area contributed by atoms with Gasteiger partial charge in [-0.05, 0) is 36.8 Å². The number of ketones is 1. The number of aromatic nitrogens is 4. The maximum absolute atomic E-state index is 13.7. The minimum atomic E-state index is -0.524. The average Bonchev–Trinajstić information content (AvgIpc) is 3.44. The van der Waals surface area contributed by atoms with E-state index < -0.39 is 5.97 Å². The van der Waals surface area contributed by atoms with Crippen molar-refractivity contribution < 1.29 is 19.1 Å². The molecule has 1 amide bonds. The van der Waals surface area contributed by atoms with E-state index in [0.29, 0.717) is 28.6 Å². The molecule has 0 unspecified atom stereocenters. The molecule has 3 aromatic heterocycles. The highest BCUT2D eigenvalue weighted by Crippen LogP contribution is 2.28. The molecule has 3 heterocycles. The second-order valence-corrected chi connectivity index (χ2v) is 8.96. The highest BCUT2D eigenvalue weighted by molar-refractivity contribution is 6.22. The van der Waals surface area contributed by atoms with Crippen molar-refractivity contribution in [2.24, 2.45) is 0 Å². The first kappa shape index (κ1) is 23.9. The molecule has 0 aliphatic rings. The van der Waals surface area contributed by atoms with Crippen molar-refractivity contribution >= 4 is 39.6 Å². The molecular formula is C28H25N5O4. The number of amides is 1. The van der Waals surface area contributed by atoms with Crippen molar-refractivity contribution in [2.45, 2.75) is 13.5 Å². The van der Waals surface area contributed by atoms with E-state index in [-0.39, 0.29) is 22.9 Å². The summed E-state index contributed by atoms with van der Waals surface area (Å²) in [5.74, 6) is -0.312. The standard InChI is InChI=1S/C28H25N5O4/c1-16-30-22-14-29-12-11-23(22)33(16)15-17-5-7-18(8-6-17)26(34)24-20-13-19(28(36)37-4)9-10-21(20)31-25(24)27(35)32(2)3/h5-14,31H,15H2,1-4H3. The number of H-pyrrole nitrogens is 1. The van der Waals surface area contributed by atoms with Gasteiger partial charge in [0.15, 0.2) is 5.78 Å². The molecule has 0 radical (unpaired) electrons. The molecule has 1 N–H and O–H groups in total. The first-order valence-electron chi connectivity index (χ1n) is 11.6. The van der Waals surface area contributed by atoms with Gasteiger partial charge in [-0.3, -0.25) is 14.6 Å². The van der Waals surface area contributed by atoms with Gasteiger partial charge in [-0.1, -0.05) is 24.3 Å². The SMILES string of the molecule is COC(=O)c1ccc2[nH]c(C(=O)N(C)C)c(C(=O)c3ccc(Cn4c(C)nc5cnccc54)cc3)c2c1. The van der Waals surface area contributed by atoms with E-state index in [0.717, 1.165) is 22.4 Å². The number of benzene rings is 2. The number of hydrogen-bond acceptors (Lipinski definition) is 6. The second kappa shape index (κ2) is 9.34. The number of esters is 1. The third kappa shape index (κ3) is 4.24. The summed E-state index contributed by atoms with van der Waals surface area (Å²) < 4.78 is 6.93. The van der Waals surface area contributed by atoms with Crippen LogP contribution in [0.25, 0.3) is 21.9 Å². The van der Waals surface area contributed by atoms with Crippen molar-refractivity contribution in [3.63, 3.8) is 0 Å². The number of methoxy groups -OCH3 is 1. The Labute approximate surface area is 212 Å². The Kier molecular flexibility index (Phi) is 6.04. The van der Waals surface area contributed by atoms with Crippen LogP contribution in [0.2, 0.25) is 0 Å². The van der Waals surface area contributed by atoms with E-state index in [9.17, 15) is 14.4 Å². The molecule has 9 nitrogen and oxygen atoms in total. The van der Waals surface area contributed by atoms with Crippen LogP contribution in [-0.4, -0.2) is 63.3 Å². The van der Waals surface area contributed by atoms with Gasteiger partial charge in [0, 0.05) is 43.3 Å². The lowest BCUT2D eigenvalue weighted by molar-refractivity contribution is 0.0600. The fourth-order valence-corrected chi connectivity index (χ4v) is 4.45. The minimum Gasteiger partial charge on any atom is -0.465 e. The molecule has 0 spiro atoms. The van der Waals surface area contributed by atoms with E-state index in [1.807, 2.05) is 25.1 Å². The molecular weight excluding hydrogens is 470 g/mol. The summed E-state index contributed by atoms with van der Waals surface area (Å²) in [7, 11) is 4.53. The normalized spacial score (nSPS) is 11.1. The molecule has 5 aromatic rings. The highest BCUT2D eigenvalue weighted by atomic mass is 16.5. The van der Waals surface area contributed by atoms with Crippen molar-refractivity contribution in [2.75, 3.05) is 21.2 Å². The number of nitrogens with one attached hydrogen (secondary N) is 1. The third-order valence-corrected chi connectivity index (χ3v) is 6.36. The maximum Gasteiger partial charge on any atom is 0.337 e. The quantitative estimate of drug-likeness (QED) is 0.282. The van der Waals surface area contributed by atoms with Crippen molar-refractivity contribution in [3.05, 3.63) is 94.7 Å². The van der Waals surface area contributed by atoms with Gasteiger partial charge in [0.05, 0.1) is 30.0 Å². The second-order valence-electron chi connectivity index (χ2n) is 8.96. The van der Waals surface area contributed by atoms with E-state index >= 15 is 0 Å². The number of rotatable bonds is 6. The van der Waals surface area contributed by atoms with Crippen molar-refractivity contribution in [1.82, 2.24) is 24.4 Å². The summed E-state index contributed by atoms with van der Waals surface area (Å²) in [5.41, 5.74) is 4.50. The molecule has 0 saturated heterocycles. The van der Waals surface area contributed by atoms with E-state index in [1.165, 1.54) is 12.0 Å². The fraction of sp³-hybridized carbons (Fsp3) is 0.179. The summed E-state index contributed by atoms with van der Waals surface area (Å²) in [6.07, 6.45) is 3.47. The molecule has 0 aliphatic carbocycles. The zero-order valence-corrected chi connectivity index (χ0v) is 20.9. The van der Waals surface area contributed by atoms with E-state index in [4.69, 9.17) is 4.74 Å². The van der Waals surface area contributed by atoms with Gasteiger partial charge in [0.1, 0.15) is 17.0 Å². The van der Waals surface area contributed by atoms with Crippen molar-refractivity contribution in [1.29, 1.82) is 0 Å². The lowest BCUT2D eigenvalue weighted by Crippen LogP contribution is -2.24. The number of ether oxygens (including phenoxy) is 1. The topological polar surface area (TPSA) is 110 Å². The molecule has 2 aromatic carbocycles. The Hall–Kier alpha value is -4.79. The Balaban J connectivity index is 1.53. The van der Waals surface area contributed by atoms with Crippen LogP contribution in [0.5, 0.6) is 0 Å². The number of carbonyl (C=O) groups is 3. The number of carbonyl (C=O) groups excluding carboxylic acids is 3. The van der Waals surface area contributed by atoms with Crippen LogP contribution in [0.1, 0.15) is 48.2 Å². The van der Waals surface area contributed by atoms with Gasteiger partial charge in [-0.15, -0.1) is 0 Å². The molecule has 5 rings (SSSR count). The number of aryl methyl sites for hydroxylation is 1. The monoisotopic (exact) mass is 495 g/mol.